The second-order valence-corrected chi connectivity index (χ2v) is 4.00. The molecule has 2 aromatic rings. The number of aromatic hydroxyl groups is 3. The van der Waals surface area contributed by atoms with Gasteiger partial charge in [0.2, 0.25) is 5.43 Å². The van der Waals surface area contributed by atoms with Crippen LogP contribution in [-0.4, -0.2) is 26.2 Å². The van der Waals surface area contributed by atoms with Gasteiger partial charge in [-0.1, -0.05) is 0 Å². The van der Waals surface area contributed by atoms with Crippen LogP contribution >= 0.6 is 0 Å². The first-order chi connectivity index (χ1) is 9.40. The monoisotopic (exact) mass is 278 g/mol. The van der Waals surface area contributed by atoms with E-state index in [0.717, 1.165) is 18.2 Å². The lowest BCUT2D eigenvalue weighted by atomic mass is 10.0. The van der Waals surface area contributed by atoms with Gasteiger partial charge < -0.3 is 24.8 Å². The molecule has 0 bridgehead atoms. The van der Waals surface area contributed by atoms with Gasteiger partial charge in [-0.15, -0.1) is 0 Å². The summed E-state index contributed by atoms with van der Waals surface area (Å²) in [6.07, 6.45) is -1.06. The number of rotatable bonds is 3. The Hall–Kier alpha value is -2.80. The van der Waals surface area contributed by atoms with Crippen molar-refractivity contribution in [3.05, 3.63) is 52.1 Å². The van der Waals surface area contributed by atoms with E-state index < -0.39 is 34.6 Å². The SMILES string of the molecule is O=C(c1ccc(O)c(O)c1)C(O)c1cc(=O)c(O)co1. The van der Waals surface area contributed by atoms with Crippen LogP contribution in [0.25, 0.3) is 0 Å². The quantitative estimate of drug-likeness (QED) is 0.480. The number of ketones is 1. The Morgan fingerprint density at radius 2 is 1.75 bits per heavy atom. The fourth-order valence-electron chi connectivity index (χ4n) is 1.53. The molecule has 1 atom stereocenters. The zero-order valence-corrected chi connectivity index (χ0v) is 9.98. The minimum absolute atomic E-state index is 0.0801. The molecule has 0 aliphatic heterocycles. The summed E-state index contributed by atoms with van der Waals surface area (Å²) in [4.78, 5) is 23.1. The topological polar surface area (TPSA) is 128 Å². The molecule has 1 aromatic carbocycles. The number of aliphatic hydroxyl groups excluding tert-OH is 1. The van der Waals surface area contributed by atoms with Crippen molar-refractivity contribution in [2.24, 2.45) is 0 Å². The Bertz CT molecular complexity index is 717. The van der Waals surface area contributed by atoms with E-state index in [1.807, 2.05) is 0 Å². The molecular weight excluding hydrogens is 268 g/mol. The lowest BCUT2D eigenvalue weighted by Crippen LogP contribution is -2.14. The summed E-state index contributed by atoms with van der Waals surface area (Å²) in [7, 11) is 0. The van der Waals surface area contributed by atoms with E-state index in [4.69, 9.17) is 14.6 Å². The molecule has 0 aliphatic rings. The van der Waals surface area contributed by atoms with E-state index in [-0.39, 0.29) is 11.3 Å². The highest BCUT2D eigenvalue weighted by Crippen LogP contribution is 2.27. The minimum atomic E-state index is -1.77. The second-order valence-electron chi connectivity index (χ2n) is 4.00. The number of carbonyl (C=O) groups excluding carboxylic acids is 1. The Kier molecular flexibility index (Phi) is 3.45. The van der Waals surface area contributed by atoms with Gasteiger partial charge in [-0.25, -0.2) is 0 Å². The Labute approximate surface area is 112 Å². The van der Waals surface area contributed by atoms with Gasteiger partial charge in [-0.05, 0) is 18.2 Å². The molecular formula is C13H10O7. The third kappa shape index (κ3) is 2.47. The van der Waals surface area contributed by atoms with Crippen LogP contribution in [0.3, 0.4) is 0 Å². The number of phenolic OH excluding ortho intramolecular Hbond substituents is 2. The smallest absolute Gasteiger partial charge is 0.226 e. The van der Waals surface area contributed by atoms with Gasteiger partial charge in [0.05, 0.1) is 0 Å². The summed E-state index contributed by atoms with van der Waals surface area (Å²) >= 11 is 0. The lowest BCUT2D eigenvalue weighted by molar-refractivity contribution is 0.0697. The number of hydrogen-bond donors (Lipinski definition) is 4. The maximum absolute atomic E-state index is 11.9. The highest BCUT2D eigenvalue weighted by atomic mass is 16.4. The molecule has 0 radical (unpaired) electrons. The van der Waals surface area contributed by atoms with E-state index >= 15 is 0 Å². The van der Waals surface area contributed by atoms with Gasteiger partial charge in [0.25, 0.3) is 0 Å². The van der Waals surface area contributed by atoms with E-state index in [2.05, 4.69) is 0 Å². The molecule has 7 heteroatoms. The van der Waals surface area contributed by atoms with Crippen molar-refractivity contribution in [1.29, 1.82) is 0 Å². The van der Waals surface area contributed by atoms with Crippen LogP contribution in [-0.2, 0) is 0 Å². The fraction of sp³-hybridized carbons (Fsp3) is 0.0769. The summed E-state index contributed by atoms with van der Waals surface area (Å²) in [5.41, 5.74) is -0.879. The van der Waals surface area contributed by atoms with Crippen LogP contribution in [0.5, 0.6) is 17.2 Å². The molecule has 7 nitrogen and oxygen atoms in total. The number of carbonyl (C=O) groups is 1. The van der Waals surface area contributed by atoms with Crippen LogP contribution in [0, 0.1) is 0 Å². The van der Waals surface area contributed by atoms with Gasteiger partial charge in [0.15, 0.2) is 29.1 Å². The zero-order valence-electron chi connectivity index (χ0n) is 9.98. The van der Waals surface area contributed by atoms with Crippen LogP contribution in [0.2, 0.25) is 0 Å². The molecule has 0 spiro atoms. The van der Waals surface area contributed by atoms with E-state index in [1.54, 1.807) is 0 Å². The van der Waals surface area contributed by atoms with Crippen LogP contribution in [0.15, 0.2) is 39.7 Å². The van der Waals surface area contributed by atoms with Crippen molar-refractivity contribution in [3.8, 4) is 17.2 Å². The summed E-state index contributed by atoms with van der Waals surface area (Å²) < 4.78 is 4.76. The first-order valence-corrected chi connectivity index (χ1v) is 5.46. The molecule has 0 saturated heterocycles. The Morgan fingerprint density at radius 1 is 1.05 bits per heavy atom. The van der Waals surface area contributed by atoms with E-state index in [1.165, 1.54) is 6.07 Å². The Balaban J connectivity index is 2.34. The predicted molar refractivity (Wildman–Crippen MR) is 65.7 cm³/mol. The molecule has 0 fully saturated rings. The maximum Gasteiger partial charge on any atom is 0.226 e. The number of aliphatic hydroxyl groups is 1. The highest BCUT2D eigenvalue weighted by molar-refractivity contribution is 6.00. The molecule has 20 heavy (non-hydrogen) atoms. The number of hydrogen-bond acceptors (Lipinski definition) is 7. The van der Waals surface area contributed by atoms with Crippen LogP contribution < -0.4 is 5.43 Å². The zero-order chi connectivity index (χ0) is 14.9. The standard InChI is InChI=1S/C13H10O7/c14-7-2-1-6(3-8(7)15)12(18)13(19)11-4-9(16)10(17)5-20-11/h1-5,13-15,17,19H. The van der Waals surface area contributed by atoms with E-state index in [0.29, 0.717) is 6.26 Å². The third-order valence-electron chi connectivity index (χ3n) is 2.61. The number of benzene rings is 1. The van der Waals surface area contributed by atoms with Crippen molar-refractivity contribution in [3.63, 3.8) is 0 Å². The number of Topliss-reactive ketones (excluding diaryl/α,β-unsaturated/α-hetero) is 1. The predicted octanol–water partition coefficient (Wildman–Crippen LogP) is 0.673. The lowest BCUT2D eigenvalue weighted by Gasteiger charge is -2.09. The second kappa shape index (κ2) is 5.06. The first kappa shape index (κ1) is 13.6. The van der Waals surface area contributed by atoms with Crippen molar-refractivity contribution < 1.29 is 29.6 Å². The number of phenols is 2. The summed E-state index contributed by atoms with van der Waals surface area (Å²) in [6.45, 7) is 0. The first-order valence-electron chi connectivity index (χ1n) is 5.46. The van der Waals surface area contributed by atoms with Crippen molar-refractivity contribution in [2.75, 3.05) is 0 Å². The molecule has 104 valence electrons. The van der Waals surface area contributed by atoms with Crippen LogP contribution in [0.1, 0.15) is 22.2 Å². The average Bonchev–Trinajstić information content (AvgIpc) is 2.43. The summed E-state index contributed by atoms with van der Waals surface area (Å²) in [6, 6.07) is 4.04. The molecule has 2 rings (SSSR count). The molecule has 0 amide bonds. The van der Waals surface area contributed by atoms with Gasteiger partial charge in [-0.2, -0.15) is 0 Å². The minimum Gasteiger partial charge on any atom is -0.504 e. The van der Waals surface area contributed by atoms with Crippen molar-refractivity contribution in [2.45, 2.75) is 6.10 Å². The van der Waals surface area contributed by atoms with Crippen molar-refractivity contribution in [1.82, 2.24) is 0 Å². The Morgan fingerprint density at radius 3 is 2.35 bits per heavy atom. The highest BCUT2D eigenvalue weighted by Gasteiger charge is 2.23. The largest absolute Gasteiger partial charge is 0.504 e. The molecule has 1 aromatic heterocycles. The average molecular weight is 278 g/mol. The van der Waals surface area contributed by atoms with Crippen LogP contribution in [0.4, 0.5) is 0 Å². The van der Waals surface area contributed by atoms with Gasteiger partial charge in [0, 0.05) is 11.6 Å². The summed E-state index contributed by atoms with van der Waals surface area (Å²) in [5.74, 6) is -2.75. The summed E-state index contributed by atoms with van der Waals surface area (Å²) in [5, 5.41) is 37.3. The van der Waals surface area contributed by atoms with Gasteiger partial charge in [-0.3, -0.25) is 9.59 Å². The normalized spacial score (nSPS) is 12.1. The maximum atomic E-state index is 11.9. The molecule has 1 heterocycles. The molecule has 0 saturated carbocycles. The molecule has 4 N–H and O–H groups in total. The van der Waals surface area contributed by atoms with Gasteiger partial charge in [0.1, 0.15) is 12.0 Å². The van der Waals surface area contributed by atoms with E-state index in [9.17, 15) is 19.8 Å². The van der Waals surface area contributed by atoms with Crippen molar-refractivity contribution >= 4 is 5.78 Å². The fourth-order valence-corrected chi connectivity index (χ4v) is 1.53. The molecule has 1 unspecified atom stereocenters. The van der Waals surface area contributed by atoms with Gasteiger partial charge >= 0.3 is 0 Å². The molecule has 0 aliphatic carbocycles. The third-order valence-corrected chi connectivity index (χ3v) is 2.61.